The number of aromatic nitrogens is 2. The molecule has 146 valence electrons. The maximum atomic E-state index is 6.28. The first-order valence-corrected chi connectivity index (χ1v) is 9.64. The normalized spacial score (nSPS) is 11.8. The summed E-state index contributed by atoms with van der Waals surface area (Å²) in [6, 6.07) is 22.1. The van der Waals surface area contributed by atoms with Crippen molar-refractivity contribution in [3.8, 4) is 17.2 Å². The first kappa shape index (κ1) is 19.3. The van der Waals surface area contributed by atoms with Crippen LogP contribution in [0, 0.1) is 0 Å². The molecule has 0 unspecified atom stereocenters. The SMILES string of the molecule is COc1ccc(Cl)cc1N[C@@H](c1ccccc1)c1nnc(-c2ccccc2Cl)o1. The van der Waals surface area contributed by atoms with Gasteiger partial charge in [0.05, 0.1) is 23.4 Å². The number of nitrogens with one attached hydrogen (secondary N) is 1. The highest BCUT2D eigenvalue weighted by Crippen LogP contribution is 2.35. The lowest BCUT2D eigenvalue weighted by molar-refractivity contribution is 0.415. The van der Waals surface area contributed by atoms with Gasteiger partial charge in [0.25, 0.3) is 0 Å². The minimum Gasteiger partial charge on any atom is -0.495 e. The van der Waals surface area contributed by atoms with Crippen LogP contribution in [0.2, 0.25) is 10.0 Å². The summed E-state index contributed by atoms with van der Waals surface area (Å²) in [7, 11) is 1.61. The Bertz CT molecular complexity index is 1120. The largest absolute Gasteiger partial charge is 0.495 e. The van der Waals surface area contributed by atoms with Gasteiger partial charge in [0.15, 0.2) is 0 Å². The number of methoxy groups -OCH3 is 1. The van der Waals surface area contributed by atoms with Crippen molar-refractivity contribution in [2.75, 3.05) is 12.4 Å². The molecule has 0 saturated heterocycles. The molecule has 0 aliphatic carbocycles. The van der Waals surface area contributed by atoms with Gasteiger partial charge in [-0.2, -0.15) is 0 Å². The van der Waals surface area contributed by atoms with Crippen molar-refractivity contribution < 1.29 is 9.15 Å². The van der Waals surface area contributed by atoms with E-state index < -0.39 is 6.04 Å². The summed E-state index contributed by atoms with van der Waals surface area (Å²) in [5, 5.41) is 13.0. The fourth-order valence-electron chi connectivity index (χ4n) is 2.98. The number of anilines is 1. The Morgan fingerprint density at radius 1 is 0.931 bits per heavy atom. The molecule has 0 fully saturated rings. The minimum absolute atomic E-state index is 0.353. The lowest BCUT2D eigenvalue weighted by Gasteiger charge is -2.19. The number of nitrogens with zero attached hydrogens (tertiary/aromatic N) is 2. The lowest BCUT2D eigenvalue weighted by Crippen LogP contribution is -2.13. The Morgan fingerprint density at radius 3 is 2.45 bits per heavy atom. The first-order valence-electron chi connectivity index (χ1n) is 8.89. The highest BCUT2D eigenvalue weighted by Gasteiger charge is 2.23. The second-order valence-electron chi connectivity index (χ2n) is 6.26. The van der Waals surface area contributed by atoms with E-state index in [2.05, 4.69) is 15.5 Å². The molecule has 0 radical (unpaired) electrons. The van der Waals surface area contributed by atoms with E-state index in [0.717, 1.165) is 5.56 Å². The predicted molar refractivity (Wildman–Crippen MR) is 115 cm³/mol. The molecule has 1 aromatic heterocycles. The van der Waals surface area contributed by atoms with Crippen molar-refractivity contribution in [3.63, 3.8) is 0 Å². The number of rotatable bonds is 6. The molecule has 3 aromatic carbocycles. The molecular weight excluding hydrogens is 409 g/mol. The highest BCUT2D eigenvalue weighted by molar-refractivity contribution is 6.33. The Kier molecular flexibility index (Phi) is 5.69. The van der Waals surface area contributed by atoms with Crippen molar-refractivity contribution in [1.82, 2.24) is 10.2 Å². The van der Waals surface area contributed by atoms with Crippen molar-refractivity contribution in [2.24, 2.45) is 0 Å². The Labute approximate surface area is 178 Å². The molecule has 29 heavy (non-hydrogen) atoms. The highest BCUT2D eigenvalue weighted by atomic mass is 35.5. The Hall–Kier alpha value is -3.02. The summed E-state index contributed by atoms with van der Waals surface area (Å²) in [4.78, 5) is 0. The second-order valence-corrected chi connectivity index (χ2v) is 7.10. The van der Waals surface area contributed by atoms with Crippen molar-refractivity contribution >= 4 is 28.9 Å². The van der Waals surface area contributed by atoms with Crippen LogP contribution in [0.5, 0.6) is 5.75 Å². The predicted octanol–water partition coefficient (Wildman–Crippen LogP) is 6.25. The van der Waals surface area contributed by atoms with Gasteiger partial charge in [-0.3, -0.25) is 0 Å². The van der Waals surface area contributed by atoms with Gasteiger partial charge in [0.2, 0.25) is 11.8 Å². The molecule has 4 aromatic rings. The van der Waals surface area contributed by atoms with Crippen molar-refractivity contribution in [3.05, 3.63) is 94.3 Å². The zero-order chi connectivity index (χ0) is 20.2. The summed E-state index contributed by atoms with van der Waals surface area (Å²) in [6.07, 6.45) is 0. The van der Waals surface area contributed by atoms with E-state index in [4.69, 9.17) is 32.4 Å². The van der Waals surface area contributed by atoms with E-state index in [0.29, 0.717) is 38.8 Å². The summed E-state index contributed by atoms with van der Waals surface area (Å²) in [6.45, 7) is 0. The van der Waals surface area contributed by atoms with Crippen LogP contribution in [0.15, 0.2) is 77.2 Å². The molecule has 1 heterocycles. The smallest absolute Gasteiger partial charge is 0.249 e. The van der Waals surface area contributed by atoms with Crippen LogP contribution in [-0.4, -0.2) is 17.3 Å². The average molecular weight is 426 g/mol. The maximum absolute atomic E-state index is 6.28. The van der Waals surface area contributed by atoms with Crippen molar-refractivity contribution in [2.45, 2.75) is 6.04 Å². The van der Waals surface area contributed by atoms with E-state index in [-0.39, 0.29) is 0 Å². The fraction of sp³-hybridized carbons (Fsp3) is 0.0909. The van der Waals surface area contributed by atoms with Crippen LogP contribution in [0.1, 0.15) is 17.5 Å². The van der Waals surface area contributed by atoms with Gasteiger partial charge in [-0.1, -0.05) is 65.7 Å². The average Bonchev–Trinajstić information content (AvgIpc) is 3.23. The molecule has 0 bridgehead atoms. The van der Waals surface area contributed by atoms with Gasteiger partial charge in [0, 0.05) is 5.02 Å². The Morgan fingerprint density at radius 2 is 1.69 bits per heavy atom. The molecule has 0 spiro atoms. The van der Waals surface area contributed by atoms with Gasteiger partial charge < -0.3 is 14.5 Å². The Balaban J connectivity index is 1.75. The van der Waals surface area contributed by atoms with Crippen LogP contribution < -0.4 is 10.1 Å². The van der Waals surface area contributed by atoms with E-state index in [1.54, 1.807) is 31.4 Å². The standard InChI is InChI=1S/C22H17Cl2N3O2/c1-28-19-12-11-15(23)13-18(19)25-20(14-7-3-2-4-8-14)22-27-26-21(29-22)16-9-5-6-10-17(16)24/h2-13,20,25H,1H3/t20-/m0/s1. The van der Waals surface area contributed by atoms with E-state index in [1.165, 1.54) is 0 Å². The quantitative estimate of drug-likeness (QED) is 0.395. The molecule has 1 N–H and O–H groups in total. The topological polar surface area (TPSA) is 60.2 Å². The summed E-state index contributed by atoms with van der Waals surface area (Å²) >= 11 is 12.5. The van der Waals surface area contributed by atoms with Gasteiger partial charge in [-0.05, 0) is 35.9 Å². The third-order valence-electron chi connectivity index (χ3n) is 4.39. The summed E-state index contributed by atoms with van der Waals surface area (Å²) < 4.78 is 11.5. The van der Waals surface area contributed by atoms with Crippen LogP contribution >= 0.6 is 23.2 Å². The zero-order valence-electron chi connectivity index (χ0n) is 15.5. The summed E-state index contributed by atoms with van der Waals surface area (Å²) in [5.41, 5.74) is 2.34. The third-order valence-corrected chi connectivity index (χ3v) is 4.95. The van der Waals surface area contributed by atoms with E-state index in [9.17, 15) is 0 Å². The van der Waals surface area contributed by atoms with Gasteiger partial charge in [0.1, 0.15) is 11.8 Å². The van der Waals surface area contributed by atoms with Crippen LogP contribution in [0.3, 0.4) is 0 Å². The molecule has 0 aliphatic rings. The summed E-state index contributed by atoms with van der Waals surface area (Å²) in [5.74, 6) is 1.40. The second kappa shape index (κ2) is 8.55. The molecule has 7 heteroatoms. The minimum atomic E-state index is -0.410. The van der Waals surface area contributed by atoms with Crippen molar-refractivity contribution in [1.29, 1.82) is 0 Å². The number of benzene rings is 3. The van der Waals surface area contributed by atoms with Gasteiger partial charge in [-0.25, -0.2) is 0 Å². The number of hydrogen-bond donors (Lipinski definition) is 1. The molecular formula is C22H17Cl2N3O2. The molecule has 1 atom stereocenters. The van der Waals surface area contributed by atoms with Gasteiger partial charge in [-0.15, -0.1) is 10.2 Å². The lowest BCUT2D eigenvalue weighted by atomic mass is 10.1. The van der Waals surface area contributed by atoms with E-state index in [1.807, 2.05) is 48.5 Å². The number of ether oxygens (including phenoxy) is 1. The van der Waals surface area contributed by atoms with Crippen LogP contribution in [-0.2, 0) is 0 Å². The first-order chi connectivity index (χ1) is 14.2. The number of halogens is 2. The third kappa shape index (κ3) is 4.21. The van der Waals surface area contributed by atoms with E-state index >= 15 is 0 Å². The molecule has 0 aliphatic heterocycles. The molecule has 4 rings (SSSR count). The zero-order valence-corrected chi connectivity index (χ0v) is 17.0. The number of hydrogen-bond acceptors (Lipinski definition) is 5. The maximum Gasteiger partial charge on any atom is 0.249 e. The van der Waals surface area contributed by atoms with Gasteiger partial charge >= 0.3 is 0 Å². The van der Waals surface area contributed by atoms with Crippen LogP contribution in [0.25, 0.3) is 11.5 Å². The molecule has 0 amide bonds. The monoisotopic (exact) mass is 425 g/mol. The van der Waals surface area contributed by atoms with Crippen LogP contribution in [0.4, 0.5) is 5.69 Å². The molecule has 0 saturated carbocycles. The fourth-order valence-corrected chi connectivity index (χ4v) is 3.37. The molecule has 5 nitrogen and oxygen atoms in total.